The number of aromatic nitrogens is 3. The number of sulfonamides is 1. The minimum atomic E-state index is -4.75. The van der Waals surface area contributed by atoms with Gasteiger partial charge in [-0.1, -0.05) is 6.07 Å². The van der Waals surface area contributed by atoms with Gasteiger partial charge in [0.1, 0.15) is 10.6 Å². The number of rotatable bonds is 4. The van der Waals surface area contributed by atoms with Crippen molar-refractivity contribution in [3.63, 3.8) is 0 Å². The minimum absolute atomic E-state index is 0.0350. The molecule has 0 spiro atoms. The second kappa shape index (κ2) is 7.48. The number of halogens is 3. The molecule has 1 aromatic heterocycles. The zero-order valence-corrected chi connectivity index (χ0v) is 16.9. The van der Waals surface area contributed by atoms with Gasteiger partial charge in [-0.2, -0.15) is 17.5 Å². The Kier molecular flexibility index (Phi) is 5.52. The van der Waals surface area contributed by atoms with E-state index >= 15 is 0 Å². The van der Waals surface area contributed by atoms with E-state index in [1.807, 2.05) is 0 Å². The zero-order valence-electron chi connectivity index (χ0n) is 16.1. The molecule has 0 aliphatic carbocycles. The highest BCUT2D eigenvalue weighted by Crippen LogP contribution is 2.32. The van der Waals surface area contributed by atoms with Crippen molar-refractivity contribution in [2.45, 2.75) is 36.9 Å². The molecule has 12 heteroatoms. The summed E-state index contributed by atoms with van der Waals surface area (Å²) in [4.78, 5) is 12.2. The van der Waals surface area contributed by atoms with Crippen LogP contribution in [0.5, 0.6) is 5.75 Å². The van der Waals surface area contributed by atoms with E-state index in [0.29, 0.717) is 4.57 Å². The Morgan fingerprint density at radius 1 is 1.21 bits per heavy atom. The van der Waals surface area contributed by atoms with E-state index in [2.05, 4.69) is 5.10 Å². The van der Waals surface area contributed by atoms with Crippen molar-refractivity contribution >= 4 is 10.0 Å². The molecule has 3 rings (SSSR count). The summed E-state index contributed by atoms with van der Waals surface area (Å²) >= 11 is 0. The Morgan fingerprint density at radius 3 is 2.34 bits per heavy atom. The predicted molar refractivity (Wildman–Crippen MR) is 97.2 cm³/mol. The van der Waals surface area contributed by atoms with Gasteiger partial charge in [0.15, 0.2) is 0 Å². The van der Waals surface area contributed by atoms with E-state index in [1.165, 1.54) is 17.5 Å². The summed E-state index contributed by atoms with van der Waals surface area (Å²) in [6.07, 6.45) is -4.41. The molecule has 29 heavy (non-hydrogen) atoms. The topological polar surface area (TPSA) is 86.4 Å². The third-order valence-electron chi connectivity index (χ3n) is 4.96. The van der Waals surface area contributed by atoms with Crippen LogP contribution < -0.4 is 10.4 Å². The number of nitrogens with zero attached hydrogens (tertiary/aromatic N) is 4. The van der Waals surface area contributed by atoms with Gasteiger partial charge in [0.2, 0.25) is 15.8 Å². The van der Waals surface area contributed by atoms with Crippen molar-refractivity contribution in [1.29, 1.82) is 0 Å². The largest absolute Gasteiger partial charge is 0.495 e. The number of hydrogen-bond acceptors (Lipinski definition) is 5. The maximum atomic E-state index is 13.0. The number of hydrogen-bond donors (Lipinski definition) is 0. The standard InChI is InChI=1S/C17H21F3N4O4S/c1-11-4-5-13(28-3)14(10-11)29(26,27)23-8-6-12(7-9-23)24-16(25)22(2)15(21-24)17(18,19)20/h4-5,10,12H,6-9H2,1-3H3. The second-order valence-electron chi connectivity index (χ2n) is 6.90. The molecule has 0 bridgehead atoms. The lowest BCUT2D eigenvalue weighted by Crippen LogP contribution is -2.41. The Bertz CT molecular complexity index is 1070. The van der Waals surface area contributed by atoms with Crippen LogP contribution in [0.4, 0.5) is 13.2 Å². The molecule has 0 unspecified atom stereocenters. The second-order valence-corrected chi connectivity index (χ2v) is 8.80. The Balaban J connectivity index is 1.83. The van der Waals surface area contributed by atoms with E-state index in [-0.39, 0.29) is 36.6 Å². The number of benzene rings is 1. The fraction of sp³-hybridized carbons (Fsp3) is 0.529. The summed E-state index contributed by atoms with van der Waals surface area (Å²) < 4.78 is 72.7. The highest BCUT2D eigenvalue weighted by atomic mass is 32.2. The molecule has 0 N–H and O–H groups in total. The average molecular weight is 434 g/mol. The van der Waals surface area contributed by atoms with Gasteiger partial charge in [-0.15, -0.1) is 5.10 Å². The molecular weight excluding hydrogens is 413 g/mol. The van der Waals surface area contributed by atoms with Crippen molar-refractivity contribution in [3.05, 3.63) is 40.1 Å². The van der Waals surface area contributed by atoms with E-state index < -0.39 is 33.8 Å². The van der Waals surface area contributed by atoms with Crippen LogP contribution in [-0.4, -0.2) is 47.3 Å². The predicted octanol–water partition coefficient (Wildman–Crippen LogP) is 1.94. The number of ether oxygens (including phenoxy) is 1. The first kappa shape index (κ1) is 21.4. The highest BCUT2D eigenvalue weighted by Gasteiger charge is 2.40. The summed E-state index contributed by atoms with van der Waals surface area (Å²) in [5.74, 6) is -1.06. The Hall–Kier alpha value is -2.34. The van der Waals surface area contributed by atoms with Crippen molar-refractivity contribution < 1.29 is 26.3 Å². The van der Waals surface area contributed by atoms with E-state index in [1.54, 1.807) is 19.1 Å². The van der Waals surface area contributed by atoms with Crippen molar-refractivity contribution in [1.82, 2.24) is 18.7 Å². The van der Waals surface area contributed by atoms with Crippen LogP contribution in [0.3, 0.4) is 0 Å². The number of aryl methyl sites for hydroxylation is 1. The summed E-state index contributed by atoms with van der Waals surface area (Å²) in [6, 6.07) is 4.20. The Labute approximate surface area is 165 Å². The molecule has 1 aliphatic rings. The normalized spacial score (nSPS) is 16.9. The zero-order chi connectivity index (χ0) is 21.6. The molecule has 1 fully saturated rings. The third kappa shape index (κ3) is 3.90. The minimum Gasteiger partial charge on any atom is -0.495 e. The lowest BCUT2D eigenvalue weighted by atomic mass is 10.1. The van der Waals surface area contributed by atoms with Gasteiger partial charge in [0.25, 0.3) is 0 Å². The molecule has 2 heterocycles. The molecule has 0 amide bonds. The van der Waals surface area contributed by atoms with Crippen molar-refractivity contribution in [2.24, 2.45) is 7.05 Å². The summed E-state index contributed by atoms with van der Waals surface area (Å²) in [6.45, 7) is 1.86. The molecule has 0 saturated carbocycles. The highest BCUT2D eigenvalue weighted by molar-refractivity contribution is 7.89. The molecule has 1 aliphatic heterocycles. The summed E-state index contributed by atoms with van der Waals surface area (Å²) in [5.41, 5.74) is -0.127. The van der Waals surface area contributed by atoms with E-state index in [0.717, 1.165) is 17.3 Å². The van der Waals surface area contributed by atoms with Crippen LogP contribution in [0, 0.1) is 6.92 Å². The Morgan fingerprint density at radius 2 is 1.83 bits per heavy atom. The van der Waals surface area contributed by atoms with Crippen LogP contribution in [0.2, 0.25) is 0 Å². The van der Waals surface area contributed by atoms with Crippen molar-refractivity contribution in [2.75, 3.05) is 20.2 Å². The molecular formula is C17H21F3N4O4S. The number of piperidine rings is 1. The molecule has 8 nitrogen and oxygen atoms in total. The maximum absolute atomic E-state index is 13.0. The molecule has 0 radical (unpaired) electrons. The van der Waals surface area contributed by atoms with Gasteiger partial charge in [-0.05, 0) is 37.5 Å². The molecule has 1 saturated heterocycles. The van der Waals surface area contributed by atoms with Crippen molar-refractivity contribution in [3.8, 4) is 5.75 Å². The number of alkyl halides is 3. The summed E-state index contributed by atoms with van der Waals surface area (Å²) in [5, 5.41) is 3.44. The molecule has 2 aromatic rings. The SMILES string of the molecule is COc1ccc(C)cc1S(=O)(=O)N1CCC(n2nc(C(F)(F)F)n(C)c2=O)CC1. The average Bonchev–Trinajstić information content (AvgIpc) is 2.97. The van der Waals surface area contributed by atoms with Gasteiger partial charge in [-0.25, -0.2) is 17.9 Å². The van der Waals surface area contributed by atoms with E-state index in [4.69, 9.17) is 4.74 Å². The van der Waals surface area contributed by atoms with Gasteiger partial charge in [-0.3, -0.25) is 4.57 Å². The number of methoxy groups -OCH3 is 1. The lowest BCUT2D eigenvalue weighted by Gasteiger charge is -2.31. The molecule has 0 atom stereocenters. The fourth-order valence-corrected chi connectivity index (χ4v) is 5.10. The quantitative estimate of drug-likeness (QED) is 0.734. The van der Waals surface area contributed by atoms with Gasteiger partial charge >= 0.3 is 11.9 Å². The third-order valence-corrected chi connectivity index (χ3v) is 6.88. The lowest BCUT2D eigenvalue weighted by molar-refractivity contribution is -0.147. The smallest absolute Gasteiger partial charge is 0.451 e. The van der Waals surface area contributed by atoms with Gasteiger partial charge < -0.3 is 4.74 Å². The van der Waals surface area contributed by atoms with Crippen LogP contribution in [0.15, 0.2) is 27.9 Å². The monoisotopic (exact) mass is 434 g/mol. The van der Waals surface area contributed by atoms with Crippen LogP contribution in [0.25, 0.3) is 0 Å². The fourth-order valence-electron chi connectivity index (χ4n) is 3.39. The molecule has 160 valence electrons. The van der Waals surface area contributed by atoms with Gasteiger partial charge in [0, 0.05) is 20.1 Å². The first-order valence-electron chi connectivity index (χ1n) is 8.84. The maximum Gasteiger partial charge on any atom is 0.451 e. The first-order valence-corrected chi connectivity index (χ1v) is 10.3. The first-order chi connectivity index (χ1) is 13.5. The van der Waals surface area contributed by atoms with Crippen LogP contribution in [0.1, 0.15) is 30.3 Å². The van der Waals surface area contributed by atoms with E-state index in [9.17, 15) is 26.4 Å². The van der Waals surface area contributed by atoms with Crippen LogP contribution >= 0.6 is 0 Å². The molecule has 1 aromatic carbocycles. The summed E-state index contributed by atoms with van der Waals surface area (Å²) in [7, 11) is -1.47. The van der Waals surface area contributed by atoms with Crippen LogP contribution in [-0.2, 0) is 23.2 Å². The van der Waals surface area contributed by atoms with Gasteiger partial charge in [0.05, 0.1) is 13.2 Å².